The zero-order valence-electron chi connectivity index (χ0n) is 6.66. The Bertz CT molecular complexity index is 525. The van der Waals surface area contributed by atoms with Crippen molar-refractivity contribution >= 4 is 65.6 Å². The van der Waals surface area contributed by atoms with E-state index in [0.29, 0.717) is 0 Å². The van der Waals surface area contributed by atoms with Crippen LogP contribution in [-0.2, 0) is 0 Å². The molecule has 14 heavy (non-hydrogen) atoms. The number of hydrogen-bond acceptors (Lipinski definition) is 3. The van der Waals surface area contributed by atoms with Crippen molar-refractivity contribution in [1.82, 2.24) is 0 Å². The SMILES string of the molecule is O=[N+]([O-])c1csc2ccc(Br)c(I)c12. The van der Waals surface area contributed by atoms with Crippen LogP contribution in [0.25, 0.3) is 10.1 Å². The van der Waals surface area contributed by atoms with E-state index in [1.165, 1.54) is 11.3 Å². The van der Waals surface area contributed by atoms with Crippen LogP contribution in [0.1, 0.15) is 0 Å². The molecular formula is C8H3BrINO2S. The number of thiophene rings is 1. The summed E-state index contributed by atoms with van der Waals surface area (Å²) >= 11 is 6.87. The normalized spacial score (nSPS) is 10.7. The maximum atomic E-state index is 10.7. The van der Waals surface area contributed by atoms with Gasteiger partial charge in [0.1, 0.15) is 0 Å². The van der Waals surface area contributed by atoms with Gasteiger partial charge in [0.25, 0.3) is 5.69 Å². The molecule has 1 heterocycles. The molecule has 0 aliphatic heterocycles. The first-order valence-corrected chi connectivity index (χ1v) is 6.36. The Labute approximate surface area is 106 Å². The molecule has 1 aromatic heterocycles. The molecule has 0 aliphatic carbocycles. The van der Waals surface area contributed by atoms with Gasteiger partial charge in [-0.05, 0) is 50.7 Å². The minimum Gasteiger partial charge on any atom is -0.258 e. The minimum absolute atomic E-state index is 0.190. The molecule has 0 saturated heterocycles. The number of nitrogens with zero attached hydrogens (tertiary/aromatic N) is 1. The number of halogens is 2. The van der Waals surface area contributed by atoms with Crippen LogP contribution in [-0.4, -0.2) is 4.92 Å². The van der Waals surface area contributed by atoms with Crippen molar-refractivity contribution in [3.05, 3.63) is 35.7 Å². The van der Waals surface area contributed by atoms with Gasteiger partial charge in [-0.25, -0.2) is 0 Å². The Hall–Kier alpha value is -0.210. The number of hydrogen-bond donors (Lipinski definition) is 0. The smallest absolute Gasteiger partial charge is 0.258 e. The topological polar surface area (TPSA) is 43.1 Å². The highest BCUT2D eigenvalue weighted by molar-refractivity contribution is 14.1. The van der Waals surface area contributed by atoms with E-state index in [-0.39, 0.29) is 10.6 Å². The van der Waals surface area contributed by atoms with Crippen LogP contribution >= 0.6 is 49.9 Å². The lowest BCUT2D eigenvalue weighted by Gasteiger charge is -1.97. The van der Waals surface area contributed by atoms with Gasteiger partial charge in [0.2, 0.25) is 0 Å². The van der Waals surface area contributed by atoms with Crippen LogP contribution in [0.15, 0.2) is 22.0 Å². The summed E-state index contributed by atoms with van der Waals surface area (Å²) in [7, 11) is 0. The summed E-state index contributed by atoms with van der Waals surface area (Å²) in [5.74, 6) is 0. The van der Waals surface area contributed by atoms with Gasteiger partial charge in [-0.15, -0.1) is 11.3 Å². The highest BCUT2D eigenvalue weighted by Gasteiger charge is 2.17. The quantitative estimate of drug-likeness (QED) is 0.421. The molecular weight excluding hydrogens is 381 g/mol. The molecule has 0 amide bonds. The van der Waals surface area contributed by atoms with Gasteiger partial charge in [0, 0.05) is 12.7 Å². The first kappa shape index (κ1) is 10.3. The summed E-state index contributed by atoms with van der Waals surface area (Å²) in [6.07, 6.45) is 0. The maximum Gasteiger partial charge on any atom is 0.288 e. The third-order valence-electron chi connectivity index (χ3n) is 1.81. The molecule has 0 bridgehead atoms. The van der Waals surface area contributed by atoms with Crippen LogP contribution in [0, 0.1) is 13.7 Å². The molecule has 0 atom stereocenters. The Morgan fingerprint density at radius 2 is 2.21 bits per heavy atom. The van der Waals surface area contributed by atoms with Crippen molar-refractivity contribution in [1.29, 1.82) is 0 Å². The van der Waals surface area contributed by atoms with Crippen molar-refractivity contribution < 1.29 is 4.92 Å². The lowest BCUT2D eigenvalue weighted by molar-refractivity contribution is -0.382. The number of benzene rings is 1. The van der Waals surface area contributed by atoms with Gasteiger partial charge < -0.3 is 0 Å². The largest absolute Gasteiger partial charge is 0.288 e. The fourth-order valence-electron chi connectivity index (χ4n) is 1.18. The van der Waals surface area contributed by atoms with Gasteiger partial charge in [-0.3, -0.25) is 10.1 Å². The van der Waals surface area contributed by atoms with Gasteiger partial charge >= 0.3 is 0 Å². The zero-order chi connectivity index (χ0) is 10.3. The molecule has 0 unspecified atom stereocenters. The minimum atomic E-state index is -0.340. The average molecular weight is 384 g/mol. The highest BCUT2D eigenvalue weighted by atomic mass is 127. The summed E-state index contributed by atoms with van der Waals surface area (Å²) < 4.78 is 2.74. The molecule has 0 N–H and O–H groups in total. The molecule has 0 aliphatic rings. The standard InChI is InChI=1S/C8H3BrINO2S/c9-4-1-2-6-7(8(4)10)5(3-14-6)11(12)13/h1-3H. The van der Waals surface area contributed by atoms with Crippen LogP contribution in [0.3, 0.4) is 0 Å². The fraction of sp³-hybridized carbons (Fsp3) is 0. The second kappa shape index (κ2) is 3.74. The molecule has 72 valence electrons. The van der Waals surface area contributed by atoms with Crippen molar-refractivity contribution in [3.63, 3.8) is 0 Å². The summed E-state index contributed by atoms with van der Waals surface area (Å²) in [5, 5.41) is 13.0. The molecule has 0 fully saturated rings. The summed E-state index contributed by atoms with van der Waals surface area (Å²) in [6.45, 7) is 0. The lowest BCUT2D eigenvalue weighted by atomic mass is 10.2. The number of nitro groups is 1. The van der Waals surface area contributed by atoms with Crippen molar-refractivity contribution in [2.24, 2.45) is 0 Å². The number of rotatable bonds is 1. The van der Waals surface area contributed by atoms with E-state index in [9.17, 15) is 10.1 Å². The average Bonchev–Trinajstić information content (AvgIpc) is 2.55. The second-order valence-corrected chi connectivity index (χ2v) is 5.46. The van der Waals surface area contributed by atoms with Gasteiger partial charge in [0.05, 0.1) is 15.7 Å². The maximum absolute atomic E-state index is 10.7. The Morgan fingerprint density at radius 1 is 1.50 bits per heavy atom. The lowest BCUT2D eigenvalue weighted by Crippen LogP contribution is -1.87. The van der Waals surface area contributed by atoms with E-state index in [4.69, 9.17) is 0 Å². The Kier molecular flexibility index (Phi) is 2.76. The van der Waals surface area contributed by atoms with Gasteiger partial charge in [-0.1, -0.05) is 0 Å². The van der Waals surface area contributed by atoms with E-state index in [2.05, 4.69) is 38.5 Å². The van der Waals surface area contributed by atoms with Crippen molar-refractivity contribution in [2.45, 2.75) is 0 Å². The van der Waals surface area contributed by atoms with E-state index in [1.807, 2.05) is 12.1 Å². The molecule has 0 spiro atoms. The third kappa shape index (κ3) is 1.55. The Balaban J connectivity index is 2.89. The third-order valence-corrected chi connectivity index (χ3v) is 5.26. The molecule has 0 saturated carbocycles. The summed E-state index contributed by atoms with van der Waals surface area (Å²) in [6, 6.07) is 3.80. The van der Waals surface area contributed by atoms with E-state index < -0.39 is 0 Å². The highest BCUT2D eigenvalue weighted by Crippen LogP contribution is 2.38. The van der Waals surface area contributed by atoms with E-state index in [0.717, 1.165) is 18.1 Å². The van der Waals surface area contributed by atoms with E-state index in [1.54, 1.807) is 5.38 Å². The molecule has 0 radical (unpaired) electrons. The van der Waals surface area contributed by atoms with E-state index >= 15 is 0 Å². The fourth-order valence-corrected chi connectivity index (χ4v) is 3.36. The molecule has 2 rings (SSSR count). The Morgan fingerprint density at radius 3 is 2.86 bits per heavy atom. The predicted octanol–water partition coefficient (Wildman–Crippen LogP) is 4.18. The molecule has 2 aromatic rings. The summed E-state index contributed by atoms with van der Waals surface area (Å²) in [5.41, 5.74) is 0.190. The second-order valence-electron chi connectivity index (χ2n) is 2.61. The summed E-state index contributed by atoms with van der Waals surface area (Å²) in [4.78, 5) is 10.4. The van der Waals surface area contributed by atoms with Crippen LogP contribution < -0.4 is 0 Å². The molecule has 6 heteroatoms. The van der Waals surface area contributed by atoms with Gasteiger partial charge in [-0.2, -0.15) is 0 Å². The number of fused-ring (bicyclic) bond motifs is 1. The molecule has 3 nitrogen and oxygen atoms in total. The monoisotopic (exact) mass is 383 g/mol. The van der Waals surface area contributed by atoms with Crippen LogP contribution in [0.2, 0.25) is 0 Å². The van der Waals surface area contributed by atoms with Crippen LogP contribution in [0.5, 0.6) is 0 Å². The predicted molar refractivity (Wildman–Crippen MR) is 68.9 cm³/mol. The van der Waals surface area contributed by atoms with Gasteiger partial charge in [0.15, 0.2) is 0 Å². The first-order valence-electron chi connectivity index (χ1n) is 3.61. The van der Waals surface area contributed by atoms with Crippen LogP contribution in [0.4, 0.5) is 5.69 Å². The molecule has 1 aromatic carbocycles. The van der Waals surface area contributed by atoms with Crippen molar-refractivity contribution in [3.8, 4) is 0 Å². The van der Waals surface area contributed by atoms with Crippen molar-refractivity contribution in [2.75, 3.05) is 0 Å². The zero-order valence-corrected chi connectivity index (χ0v) is 11.2. The first-order chi connectivity index (χ1) is 6.61.